The summed E-state index contributed by atoms with van der Waals surface area (Å²) in [4.78, 5) is 2.57. The number of hydrogen-bond donors (Lipinski definition) is 1. The molecule has 0 aliphatic heterocycles. The first kappa shape index (κ1) is 13.4. The molecule has 0 bridgehead atoms. The molecule has 2 N–H and O–H groups in total. The average Bonchev–Trinajstić information content (AvgIpc) is 2.85. The van der Waals surface area contributed by atoms with Crippen LogP contribution < -0.4 is 10.5 Å². The third kappa shape index (κ3) is 3.05. The molecule has 1 heterocycles. The predicted octanol–water partition coefficient (Wildman–Crippen LogP) is 4.00. The van der Waals surface area contributed by atoms with Gasteiger partial charge < -0.3 is 10.5 Å². The maximum Gasteiger partial charge on any atom is 0.142 e. The van der Waals surface area contributed by atoms with Gasteiger partial charge in [-0.15, -0.1) is 11.3 Å². The molecule has 2 rings (SSSR count). The van der Waals surface area contributed by atoms with Gasteiger partial charge in [0.05, 0.1) is 5.02 Å². The number of ether oxygens (including phenoxy) is 1. The van der Waals surface area contributed by atoms with E-state index >= 15 is 0 Å². The van der Waals surface area contributed by atoms with E-state index in [1.807, 2.05) is 18.2 Å². The Morgan fingerprint density at radius 1 is 1.22 bits per heavy atom. The highest BCUT2D eigenvalue weighted by Gasteiger charge is 2.08. The van der Waals surface area contributed by atoms with Crippen LogP contribution in [-0.4, -0.2) is 0 Å². The van der Waals surface area contributed by atoms with Crippen LogP contribution in [0, 0.1) is 0 Å². The fourth-order valence-electron chi connectivity index (χ4n) is 1.71. The third-order valence-corrected chi connectivity index (χ3v) is 4.19. The van der Waals surface area contributed by atoms with Crippen LogP contribution in [0.1, 0.15) is 22.2 Å². The van der Waals surface area contributed by atoms with Crippen molar-refractivity contribution in [1.29, 1.82) is 0 Å². The molecule has 0 atom stereocenters. The lowest BCUT2D eigenvalue weighted by atomic mass is 10.2. The minimum atomic E-state index is 0.431. The van der Waals surface area contributed by atoms with Gasteiger partial charge in [-0.05, 0) is 24.6 Å². The number of thiophene rings is 1. The molecule has 0 fully saturated rings. The summed E-state index contributed by atoms with van der Waals surface area (Å²) >= 11 is 7.90. The topological polar surface area (TPSA) is 35.2 Å². The van der Waals surface area contributed by atoms with Gasteiger partial charge in [-0.25, -0.2) is 0 Å². The van der Waals surface area contributed by atoms with E-state index < -0.39 is 0 Å². The van der Waals surface area contributed by atoms with Crippen molar-refractivity contribution >= 4 is 22.9 Å². The van der Waals surface area contributed by atoms with Gasteiger partial charge in [0.2, 0.25) is 0 Å². The lowest BCUT2D eigenvalue weighted by Gasteiger charge is -2.11. The predicted molar refractivity (Wildman–Crippen MR) is 77.4 cm³/mol. The highest BCUT2D eigenvalue weighted by Crippen LogP contribution is 2.30. The summed E-state index contributed by atoms with van der Waals surface area (Å²) in [5.41, 5.74) is 6.62. The van der Waals surface area contributed by atoms with Crippen LogP contribution in [0.25, 0.3) is 0 Å². The zero-order valence-corrected chi connectivity index (χ0v) is 11.9. The Morgan fingerprint density at radius 3 is 2.67 bits per heavy atom. The Kier molecular flexibility index (Phi) is 4.64. The first-order valence-corrected chi connectivity index (χ1v) is 7.12. The van der Waals surface area contributed by atoms with Crippen LogP contribution in [0.4, 0.5) is 0 Å². The minimum absolute atomic E-state index is 0.431. The van der Waals surface area contributed by atoms with Crippen LogP contribution in [0.2, 0.25) is 5.02 Å². The van der Waals surface area contributed by atoms with Crippen LogP contribution in [-0.2, 0) is 19.6 Å². The summed E-state index contributed by atoms with van der Waals surface area (Å²) in [5.74, 6) is 0.702. The van der Waals surface area contributed by atoms with Crippen LogP contribution in [0.3, 0.4) is 0 Å². The SMILES string of the molecule is CCc1ccc(COc2c(Cl)cccc2CN)s1. The highest BCUT2D eigenvalue weighted by molar-refractivity contribution is 7.11. The fourth-order valence-corrected chi connectivity index (χ4v) is 2.83. The van der Waals surface area contributed by atoms with E-state index in [1.165, 1.54) is 9.75 Å². The van der Waals surface area contributed by atoms with E-state index in [9.17, 15) is 0 Å². The number of benzene rings is 1. The minimum Gasteiger partial charge on any atom is -0.486 e. The van der Waals surface area contributed by atoms with Crippen LogP contribution in [0.15, 0.2) is 30.3 Å². The van der Waals surface area contributed by atoms with Crippen molar-refractivity contribution < 1.29 is 4.74 Å². The summed E-state index contributed by atoms with van der Waals surface area (Å²) in [7, 11) is 0. The van der Waals surface area contributed by atoms with Gasteiger partial charge in [-0.1, -0.05) is 30.7 Å². The molecule has 1 aromatic carbocycles. The molecule has 0 saturated carbocycles. The summed E-state index contributed by atoms with van der Waals surface area (Å²) in [6.07, 6.45) is 1.06. The summed E-state index contributed by atoms with van der Waals surface area (Å²) in [6.45, 7) is 3.12. The van der Waals surface area contributed by atoms with Gasteiger partial charge in [0.25, 0.3) is 0 Å². The van der Waals surface area contributed by atoms with Crippen molar-refractivity contribution in [3.63, 3.8) is 0 Å². The van der Waals surface area contributed by atoms with Crippen molar-refractivity contribution in [3.8, 4) is 5.75 Å². The monoisotopic (exact) mass is 281 g/mol. The Morgan fingerprint density at radius 2 is 2.00 bits per heavy atom. The number of nitrogens with two attached hydrogens (primary N) is 1. The van der Waals surface area contributed by atoms with Crippen molar-refractivity contribution in [1.82, 2.24) is 0 Å². The second-order valence-corrected chi connectivity index (χ2v) is 5.60. The van der Waals surface area contributed by atoms with Gasteiger partial charge >= 0.3 is 0 Å². The molecule has 18 heavy (non-hydrogen) atoms. The molecule has 0 radical (unpaired) electrons. The summed E-state index contributed by atoms with van der Waals surface area (Å²) in [6, 6.07) is 9.88. The number of rotatable bonds is 5. The largest absolute Gasteiger partial charge is 0.486 e. The number of hydrogen-bond acceptors (Lipinski definition) is 3. The second kappa shape index (κ2) is 6.23. The molecule has 0 spiro atoms. The molecule has 1 aromatic heterocycles. The van der Waals surface area contributed by atoms with Crippen molar-refractivity contribution in [2.75, 3.05) is 0 Å². The second-order valence-electron chi connectivity index (χ2n) is 3.94. The third-order valence-electron chi connectivity index (χ3n) is 2.69. The summed E-state index contributed by atoms with van der Waals surface area (Å²) in [5, 5.41) is 0.616. The molecular weight excluding hydrogens is 266 g/mol. The number of para-hydroxylation sites is 1. The van der Waals surface area contributed by atoms with Crippen LogP contribution in [0.5, 0.6) is 5.75 Å². The highest BCUT2D eigenvalue weighted by atomic mass is 35.5. The summed E-state index contributed by atoms with van der Waals surface area (Å²) < 4.78 is 5.80. The Hall–Kier alpha value is -1.03. The van der Waals surface area contributed by atoms with E-state index in [4.69, 9.17) is 22.1 Å². The standard InChI is InChI=1S/C14H16ClNOS/c1-2-11-6-7-12(18-11)9-17-14-10(8-16)4-3-5-13(14)15/h3-7H,2,8-9,16H2,1H3. The molecule has 0 unspecified atom stereocenters. The van der Waals surface area contributed by atoms with Gasteiger partial charge in [-0.2, -0.15) is 0 Å². The van der Waals surface area contributed by atoms with Crippen molar-refractivity contribution in [2.45, 2.75) is 26.5 Å². The zero-order valence-electron chi connectivity index (χ0n) is 10.3. The zero-order chi connectivity index (χ0) is 13.0. The fraction of sp³-hybridized carbons (Fsp3) is 0.286. The van der Waals surface area contributed by atoms with E-state index in [-0.39, 0.29) is 0 Å². The first-order valence-electron chi connectivity index (χ1n) is 5.92. The normalized spacial score (nSPS) is 10.6. The number of aryl methyl sites for hydroxylation is 1. The average molecular weight is 282 g/mol. The lowest BCUT2D eigenvalue weighted by molar-refractivity contribution is 0.307. The van der Waals surface area contributed by atoms with E-state index in [0.29, 0.717) is 23.9 Å². The molecular formula is C14H16ClNOS. The Labute approximate surface area is 116 Å². The smallest absolute Gasteiger partial charge is 0.142 e. The van der Waals surface area contributed by atoms with E-state index in [1.54, 1.807) is 11.3 Å². The lowest BCUT2D eigenvalue weighted by Crippen LogP contribution is -2.02. The molecule has 0 amide bonds. The van der Waals surface area contributed by atoms with Gasteiger partial charge in [0.1, 0.15) is 12.4 Å². The Balaban J connectivity index is 2.10. The number of halogens is 1. The maximum atomic E-state index is 6.13. The van der Waals surface area contributed by atoms with E-state index in [0.717, 1.165) is 12.0 Å². The quantitative estimate of drug-likeness (QED) is 0.899. The molecule has 2 nitrogen and oxygen atoms in total. The Bertz CT molecular complexity index is 524. The van der Waals surface area contributed by atoms with Gasteiger partial charge in [0, 0.05) is 21.9 Å². The molecule has 0 aliphatic carbocycles. The first-order chi connectivity index (χ1) is 8.74. The van der Waals surface area contributed by atoms with Crippen molar-refractivity contribution in [2.24, 2.45) is 5.73 Å². The van der Waals surface area contributed by atoms with Gasteiger partial charge in [-0.3, -0.25) is 0 Å². The van der Waals surface area contributed by atoms with Crippen LogP contribution >= 0.6 is 22.9 Å². The molecule has 2 aromatic rings. The molecule has 0 saturated heterocycles. The van der Waals surface area contributed by atoms with Gasteiger partial charge in [0.15, 0.2) is 0 Å². The molecule has 4 heteroatoms. The molecule has 96 valence electrons. The molecule has 0 aliphatic rings. The van der Waals surface area contributed by atoms with Crippen molar-refractivity contribution in [3.05, 3.63) is 50.7 Å². The maximum absolute atomic E-state index is 6.13. The van der Waals surface area contributed by atoms with E-state index in [2.05, 4.69) is 19.1 Å².